The molecule has 0 aromatic rings. The first-order chi connectivity index (χ1) is 6.68. The maximum absolute atomic E-state index is 11.4. The molecule has 0 aromatic carbocycles. The summed E-state index contributed by atoms with van der Waals surface area (Å²) < 4.78 is 12.7. The number of amides is 1. The Morgan fingerprint density at radius 2 is 2.21 bits per heavy atom. The van der Waals surface area contributed by atoms with Crippen LogP contribution in [0.2, 0.25) is 0 Å². The molecular weight excluding hydrogens is 180 g/mol. The van der Waals surface area contributed by atoms with E-state index in [1.165, 1.54) is 0 Å². The minimum absolute atomic E-state index is 0.0256. The maximum Gasteiger partial charge on any atom is 0.407 e. The molecule has 1 saturated carbocycles. The van der Waals surface area contributed by atoms with Crippen LogP contribution in [0.15, 0.2) is 0 Å². The van der Waals surface area contributed by atoms with Crippen LogP contribution in [0.25, 0.3) is 0 Å². The number of hydrogen-bond acceptors (Lipinski definition) is 3. The highest BCUT2D eigenvalue weighted by Gasteiger charge is 2.25. The SMILES string of the molecule is [2H]C1(N)CC[C@@H](NC(=O)OC(C)(C)C)C1. The Labute approximate surface area is 86.6 Å². The summed E-state index contributed by atoms with van der Waals surface area (Å²) >= 11 is 0. The second-order valence-electron chi connectivity index (χ2n) is 4.74. The molecule has 1 unspecified atom stereocenters. The average Bonchev–Trinajstić information content (AvgIpc) is 2.25. The Kier molecular flexibility index (Phi) is 2.91. The molecule has 1 rings (SSSR count). The molecule has 2 atom stereocenters. The zero-order chi connectivity index (χ0) is 11.7. The number of hydrogen-bond donors (Lipinski definition) is 2. The van der Waals surface area contributed by atoms with E-state index in [1.807, 2.05) is 20.8 Å². The van der Waals surface area contributed by atoms with Crippen LogP contribution < -0.4 is 11.1 Å². The molecule has 4 nitrogen and oxygen atoms in total. The molecule has 0 heterocycles. The number of ether oxygens (including phenoxy) is 1. The minimum atomic E-state index is -0.889. The van der Waals surface area contributed by atoms with Crippen molar-refractivity contribution in [1.29, 1.82) is 0 Å². The van der Waals surface area contributed by atoms with Gasteiger partial charge in [-0.3, -0.25) is 0 Å². The van der Waals surface area contributed by atoms with Crippen LogP contribution in [-0.2, 0) is 4.74 Å². The number of alkyl carbamates (subject to hydrolysis) is 1. The Morgan fingerprint density at radius 1 is 1.57 bits per heavy atom. The molecule has 4 heteroatoms. The molecule has 14 heavy (non-hydrogen) atoms. The van der Waals surface area contributed by atoms with Crippen molar-refractivity contribution in [3.8, 4) is 0 Å². The zero-order valence-electron chi connectivity index (χ0n) is 10.1. The molecule has 1 aliphatic rings. The summed E-state index contributed by atoms with van der Waals surface area (Å²) in [5, 5.41) is 2.73. The Balaban J connectivity index is 2.34. The summed E-state index contributed by atoms with van der Waals surface area (Å²) in [6.45, 7) is 5.46. The van der Waals surface area contributed by atoms with Gasteiger partial charge in [0, 0.05) is 13.4 Å². The van der Waals surface area contributed by atoms with Crippen molar-refractivity contribution in [2.24, 2.45) is 5.73 Å². The molecule has 0 bridgehead atoms. The number of carbonyl (C=O) groups excluding carboxylic acids is 1. The summed E-state index contributed by atoms with van der Waals surface area (Å²) in [5.74, 6) is 0. The van der Waals surface area contributed by atoms with Crippen LogP contribution >= 0.6 is 0 Å². The van der Waals surface area contributed by atoms with Gasteiger partial charge in [-0.1, -0.05) is 0 Å². The molecule has 0 spiro atoms. The van der Waals surface area contributed by atoms with E-state index in [1.54, 1.807) is 0 Å². The van der Waals surface area contributed by atoms with Gasteiger partial charge in [0.05, 0.1) is 0 Å². The third kappa shape index (κ3) is 3.96. The van der Waals surface area contributed by atoms with E-state index in [0.29, 0.717) is 12.8 Å². The lowest BCUT2D eigenvalue weighted by Gasteiger charge is -2.21. The minimum Gasteiger partial charge on any atom is -0.444 e. The summed E-state index contributed by atoms with van der Waals surface area (Å²) in [6.07, 6.45) is 1.43. The standard InChI is InChI=1S/C10H20N2O2/c1-10(2,3)14-9(13)12-8-5-4-7(11)6-8/h7-8H,4-6,11H2,1-3H3,(H,12,13)/t7?,8-/m1/s1/i7D. The molecule has 3 N–H and O–H groups in total. The van der Waals surface area contributed by atoms with Gasteiger partial charge in [0.1, 0.15) is 5.60 Å². The normalized spacial score (nSPS) is 33.7. The van der Waals surface area contributed by atoms with Crippen molar-refractivity contribution in [2.45, 2.75) is 57.7 Å². The van der Waals surface area contributed by atoms with Crippen LogP contribution in [0.4, 0.5) is 4.79 Å². The van der Waals surface area contributed by atoms with Gasteiger partial charge >= 0.3 is 6.09 Å². The summed E-state index contributed by atoms with van der Waals surface area (Å²) in [5.41, 5.74) is 5.16. The van der Waals surface area contributed by atoms with Gasteiger partial charge in [0.15, 0.2) is 0 Å². The smallest absolute Gasteiger partial charge is 0.407 e. The van der Waals surface area contributed by atoms with Crippen LogP contribution in [0.1, 0.15) is 41.4 Å². The third-order valence-corrected chi connectivity index (χ3v) is 2.04. The van der Waals surface area contributed by atoms with Crippen molar-refractivity contribution in [1.82, 2.24) is 5.32 Å². The molecule has 82 valence electrons. The molecular formula is C10H20N2O2. The fourth-order valence-corrected chi connectivity index (χ4v) is 1.48. The number of nitrogens with two attached hydrogens (primary N) is 1. The topological polar surface area (TPSA) is 64.3 Å². The lowest BCUT2D eigenvalue weighted by molar-refractivity contribution is 0.0505. The molecule has 1 amide bonds. The van der Waals surface area contributed by atoms with Crippen molar-refractivity contribution in [3.63, 3.8) is 0 Å². The van der Waals surface area contributed by atoms with Crippen molar-refractivity contribution in [2.75, 3.05) is 0 Å². The van der Waals surface area contributed by atoms with Crippen molar-refractivity contribution < 1.29 is 10.9 Å². The fourth-order valence-electron chi connectivity index (χ4n) is 1.48. The number of carbonyl (C=O) groups is 1. The van der Waals surface area contributed by atoms with E-state index >= 15 is 0 Å². The fraction of sp³-hybridized carbons (Fsp3) is 0.900. The lowest BCUT2D eigenvalue weighted by atomic mass is 10.2. The molecule has 0 radical (unpaired) electrons. The highest BCUT2D eigenvalue weighted by molar-refractivity contribution is 5.68. The molecule has 0 aromatic heterocycles. The van der Waals surface area contributed by atoms with Gasteiger partial charge in [-0.2, -0.15) is 0 Å². The lowest BCUT2D eigenvalue weighted by Crippen LogP contribution is -2.38. The summed E-state index contributed by atoms with van der Waals surface area (Å²) in [6, 6.07) is -0.915. The van der Waals surface area contributed by atoms with Crippen LogP contribution in [0.5, 0.6) is 0 Å². The highest BCUT2D eigenvalue weighted by atomic mass is 16.6. The zero-order valence-corrected chi connectivity index (χ0v) is 9.09. The van der Waals surface area contributed by atoms with E-state index < -0.39 is 17.7 Å². The largest absolute Gasteiger partial charge is 0.444 e. The quantitative estimate of drug-likeness (QED) is 0.674. The van der Waals surface area contributed by atoms with Gasteiger partial charge in [-0.25, -0.2) is 4.79 Å². The van der Waals surface area contributed by atoms with E-state index in [9.17, 15) is 4.79 Å². The van der Waals surface area contributed by atoms with E-state index in [4.69, 9.17) is 11.8 Å². The predicted molar refractivity (Wildman–Crippen MR) is 55.0 cm³/mol. The van der Waals surface area contributed by atoms with Crippen molar-refractivity contribution in [3.05, 3.63) is 0 Å². The second kappa shape index (κ2) is 4.17. The van der Waals surface area contributed by atoms with E-state index in [-0.39, 0.29) is 6.04 Å². The summed E-state index contributed by atoms with van der Waals surface area (Å²) in [7, 11) is 0. The second-order valence-corrected chi connectivity index (χ2v) is 4.74. The summed E-state index contributed by atoms with van der Waals surface area (Å²) in [4.78, 5) is 11.4. The molecule has 0 aliphatic heterocycles. The van der Waals surface area contributed by atoms with Crippen LogP contribution in [-0.4, -0.2) is 23.8 Å². The first-order valence-electron chi connectivity index (χ1n) is 5.46. The number of rotatable bonds is 1. The Bertz CT molecular complexity index is 248. The highest BCUT2D eigenvalue weighted by Crippen LogP contribution is 2.17. The Hall–Kier alpha value is -0.770. The monoisotopic (exact) mass is 201 g/mol. The van der Waals surface area contributed by atoms with E-state index in [0.717, 1.165) is 6.42 Å². The first kappa shape index (κ1) is 9.77. The molecule has 1 aliphatic carbocycles. The van der Waals surface area contributed by atoms with Gasteiger partial charge in [-0.05, 0) is 40.0 Å². The first-order valence-corrected chi connectivity index (χ1v) is 4.96. The number of nitrogens with one attached hydrogen (secondary N) is 1. The van der Waals surface area contributed by atoms with Crippen LogP contribution in [0, 0.1) is 0 Å². The van der Waals surface area contributed by atoms with Gasteiger partial charge in [0.25, 0.3) is 0 Å². The van der Waals surface area contributed by atoms with Gasteiger partial charge in [0.2, 0.25) is 0 Å². The van der Waals surface area contributed by atoms with Crippen molar-refractivity contribution >= 4 is 6.09 Å². The van der Waals surface area contributed by atoms with Gasteiger partial charge in [-0.15, -0.1) is 0 Å². The van der Waals surface area contributed by atoms with Crippen LogP contribution in [0.3, 0.4) is 0 Å². The maximum atomic E-state index is 11.4. The Morgan fingerprint density at radius 3 is 2.64 bits per heavy atom. The molecule has 0 saturated heterocycles. The van der Waals surface area contributed by atoms with Gasteiger partial charge < -0.3 is 15.8 Å². The average molecular weight is 201 g/mol. The third-order valence-electron chi connectivity index (χ3n) is 2.04. The van der Waals surface area contributed by atoms with E-state index in [2.05, 4.69) is 5.32 Å². The predicted octanol–water partition coefficient (Wildman–Crippen LogP) is 1.39. The molecule has 1 fully saturated rings.